The van der Waals surface area contributed by atoms with E-state index in [1.54, 1.807) is 26.2 Å². The first-order valence-corrected chi connectivity index (χ1v) is 13.4. The SMILES string of the molecule is CCC[C@H](NC(=O)N1C(=O)C(CC)(CC)[C@@H]1Oc1ccc(C(=O)OCC(=O)N(C)C)cc1)c1ccc(C)cc1. The van der Waals surface area contributed by atoms with Crippen molar-refractivity contribution in [3.63, 3.8) is 0 Å². The van der Waals surface area contributed by atoms with E-state index < -0.39 is 23.6 Å². The van der Waals surface area contributed by atoms with Gasteiger partial charge < -0.3 is 19.7 Å². The van der Waals surface area contributed by atoms with Crippen LogP contribution in [0.2, 0.25) is 0 Å². The molecular formula is C30H39N3O6. The van der Waals surface area contributed by atoms with Crippen molar-refractivity contribution >= 4 is 23.8 Å². The van der Waals surface area contributed by atoms with Gasteiger partial charge in [-0.3, -0.25) is 9.59 Å². The molecule has 9 heteroatoms. The Kier molecular flexibility index (Phi) is 9.72. The van der Waals surface area contributed by atoms with E-state index in [0.717, 1.165) is 24.0 Å². The van der Waals surface area contributed by atoms with E-state index >= 15 is 0 Å². The number of β-lactam (4-membered cyclic amide) rings is 1. The molecule has 2 aromatic carbocycles. The molecule has 3 rings (SSSR count). The van der Waals surface area contributed by atoms with Crippen molar-refractivity contribution in [1.82, 2.24) is 15.1 Å². The third-order valence-corrected chi connectivity index (χ3v) is 7.35. The molecule has 0 saturated carbocycles. The van der Waals surface area contributed by atoms with Gasteiger partial charge in [0, 0.05) is 14.1 Å². The molecule has 1 heterocycles. The first-order valence-electron chi connectivity index (χ1n) is 13.4. The zero-order valence-electron chi connectivity index (χ0n) is 23.7. The molecule has 1 N–H and O–H groups in total. The third kappa shape index (κ3) is 6.41. The second-order valence-electron chi connectivity index (χ2n) is 10.1. The molecule has 1 aliphatic rings. The van der Waals surface area contributed by atoms with E-state index in [9.17, 15) is 19.2 Å². The quantitative estimate of drug-likeness (QED) is 0.325. The Hall–Kier alpha value is -3.88. The summed E-state index contributed by atoms with van der Waals surface area (Å²) in [5.74, 6) is -0.817. The molecule has 39 heavy (non-hydrogen) atoms. The Bertz CT molecular complexity index is 1170. The molecular weight excluding hydrogens is 498 g/mol. The van der Waals surface area contributed by atoms with Gasteiger partial charge in [0.05, 0.1) is 11.6 Å². The number of amides is 4. The summed E-state index contributed by atoms with van der Waals surface area (Å²) in [5.41, 5.74) is 1.54. The van der Waals surface area contributed by atoms with Crippen LogP contribution in [0.25, 0.3) is 0 Å². The number of aryl methyl sites for hydroxylation is 1. The lowest BCUT2D eigenvalue weighted by atomic mass is 9.72. The number of esters is 1. The fourth-order valence-corrected chi connectivity index (χ4v) is 4.67. The molecule has 210 valence electrons. The summed E-state index contributed by atoms with van der Waals surface area (Å²) in [4.78, 5) is 53.2. The van der Waals surface area contributed by atoms with Crippen molar-refractivity contribution in [1.29, 1.82) is 0 Å². The van der Waals surface area contributed by atoms with Gasteiger partial charge in [0.25, 0.3) is 5.91 Å². The molecule has 9 nitrogen and oxygen atoms in total. The summed E-state index contributed by atoms with van der Waals surface area (Å²) in [5, 5.41) is 3.04. The first-order chi connectivity index (χ1) is 18.6. The summed E-state index contributed by atoms with van der Waals surface area (Å²) in [7, 11) is 3.16. The first kappa shape index (κ1) is 29.7. The summed E-state index contributed by atoms with van der Waals surface area (Å²) in [6.07, 6.45) is 1.82. The van der Waals surface area contributed by atoms with Crippen molar-refractivity contribution in [2.45, 2.75) is 65.6 Å². The zero-order chi connectivity index (χ0) is 28.7. The Morgan fingerprint density at radius 1 is 1.00 bits per heavy atom. The zero-order valence-corrected chi connectivity index (χ0v) is 23.7. The van der Waals surface area contributed by atoms with E-state index in [0.29, 0.717) is 18.6 Å². The molecule has 0 radical (unpaired) electrons. The van der Waals surface area contributed by atoms with E-state index in [1.807, 2.05) is 52.0 Å². The van der Waals surface area contributed by atoms with Gasteiger partial charge in [-0.1, -0.05) is 57.0 Å². The maximum atomic E-state index is 13.4. The summed E-state index contributed by atoms with van der Waals surface area (Å²) < 4.78 is 11.3. The van der Waals surface area contributed by atoms with Crippen molar-refractivity contribution < 1.29 is 28.7 Å². The number of carbonyl (C=O) groups excluding carboxylic acids is 4. The highest BCUT2D eigenvalue weighted by molar-refractivity contribution is 6.03. The number of nitrogens with zero attached hydrogens (tertiary/aromatic N) is 2. The average Bonchev–Trinajstić information content (AvgIpc) is 2.92. The van der Waals surface area contributed by atoms with Crippen LogP contribution >= 0.6 is 0 Å². The van der Waals surface area contributed by atoms with Gasteiger partial charge in [-0.25, -0.2) is 14.5 Å². The van der Waals surface area contributed by atoms with Crippen LogP contribution in [0.3, 0.4) is 0 Å². The van der Waals surface area contributed by atoms with Crippen LogP contribution in [-0.2, 0) is 14.3 Å². The highest BCUT2D eigenvalue weighted by Crippen LogP contribution is 2.46. The van der Waals surface area contributed by atoms with Crippen molar-refractivity contribution in [3.8, 4) is 5.75 Å². The minimum Gasteiger partial charge on any atom is -0.469 e. The van der Waals surface area contributed by atoms with E-state index in [4.69, 9.17) is 9.47 Å². The fourth-order valence-electron chi connectivity index (χ4n) is 4.67. The molecule has 1 aliphatic heterocycles. The lowest BCUT2D eigenvalue weighted by Crippen LogP contribution is -2.73. The number of likely N-dealkylation sites (N-methyl/N-ethyl adjacent to an activating group) is 1. The number of imide groups is 1. The molecule has 0 unspecified atom stereocenters. The number of nitrogens with one attached hydrogen (secondary N) is 1. The molecule has 0 spiro atoms. The van der Waals surface area contributed by atoms with Crippen LogP contribution in [0.5, 0.6) is 5.75 Å². The van der Waals surface area contributed by atoms with Crippen molar-refractivity contribution in [2.24, 2.45) is 5.41 Å². The van der Waals surface area contributed by atoms with E-state index in [-0.39, 0.29) is 30.0 Å². The number of carbonyl (C=O) groups is 4. The summed E-state index contributed by atoms with van der Waals surface area (Å²) in [6, 6.07) is 13.5. The number of hydrogen-bond donors (Lipinski definition) is 1. The van der Waals surface area contributed by atoms with Gasteiger partial charge in [-0.05, 0) is 56.0 Å². The second kappa shape index (κ2) is 12.8. The largest absolute Gasteiger partial charge is 0.469 e. The molecule has 4 amide bonds. The molecule has 0 aromatic heterocycles. The van der Waals surface area contributed by atoms with E-state index in [2.05, 4.69) is 5.32 Å². The average molecular weight is 538 g/mol. The number of hydrogen-bond acceptors (Lipinski definition) is 6. The maximum absolute atomic E-state index is 13.4. The van der Waals surface area contributed by atoms with Crippen molar-refractivity contribution in [3.05, 3.63) is 65.2 Å². The van der Waals surface area contributed by atoms with Gasteiger partial charge in [0.1, 0.15) is 11.2 Å². The predicted octanol–water partition coefficient (Wildman–Crippen LogP) is 4.84. The molecule has 1 saturated heterocycles. The lowest BCUT2D eigenvalue weighted by molar-refractivity contribution is -0.191. The van der Waals surface area contributed by atoms with Gasteiger partial charge in [0.15, 0.2) is 12.8 Å². The molecule has 2 atom stereocenters. The monoisotopic (exact) mass is 537 g/mol. The van der Waals surface area contributed by atoms with Crippen molar-refractivity contribution in [2.75, 3.05) is 20.7 Å². The third-order valence-electron chi connectivity index (χ3n) is 7.35. The minimum atomic E-state index is -0.828. The number of benzene rings is 2. The lowest BCUT2D eigenvalue weighted by Gasteiger charge is -2.53. The topological polar surface area (TPSA) is 105 Å². The Morgan fingerprint density at radius 2 is 1.62 bits per heavy atom. The van der Waals surface area contributed by atoms with Crippen LogP contribution in [0.4, 0.5) is 4.79 Å². The Balaban J connectivity index is 1.76. The standard InChI is InChI=1S/C30H39N3O6/c1-7-10-24(21-13-11-20(4)12-14-21)31-29(37)33-27(36)30(8-2,9-3)28(33)39-23-17-15-22(16-18-23)26(35)38-19-25(34)32(5)6/h11-18,24,28H,7-10,19H2,1-6H3,(H,31,37)/t24-,28-/m0/s1. The van der Waals surface area contributed by atoms with E-state index in [1.165, 1.54) is 21.9 Å². The van der Waals surface area contributed by atoms with Gasteiger partial charge in [-0.15, -0.1) is 0 Å². The highest BCUT2D eigenvalue weighted by atomic mass is 16.5. The van der Waals surface area contributed by atoms with Crippen LogP contribution in [0.1, 0.15) is 74.0 Å². The molecule has 0 bridgehead atoms. The predicted molar refractivity (Wildman–Crippen MR) is 147 cm³/mol. The smallest absolute Gasteiger partial charge is 0.338 e. The molecule has 2 aromatic rings. The van der Waals surface area contributed by atoms with Gasteiger partial charge in [-0.2, -0.15) is 0 Å². The van der Waals surface area contributed by atoms with Crippen LogP contribution in [-0.4, -0.2) is 60.5 Å². The number of likely N-dealkylation sites (tertiary alicyclic amines) is 1. The summed E-state index contributed by atoms with van der Waals surface area (Å²) >= 11 is 0. The number of urea groups is 1. The number of rotatable bonds is 11. The molecule has 0 aliphatic carbocycles. The van der Waals surface area contributed by atoms with Crippen LogP contribution < -0.4 is 10.1 Å². The van der Waals surface area contributed by atoms with Crippen LogP contribution in [0, 0.1) is 12.3 Å². The normalized spacial score (nSPS) is 16.6. The van der Waals surface area contributed by atoms with Gasteiger partial charge in [0.2, 0.25) is 5.91 Å². The van der Waals surface area contributed by atoms with Gasteiger partial charge >= 0.3 is 12.0 Å². The maximum Gasteiger partial charge on any atom is 0.338 e. The Labute approximate surface area is 230 Å². The second-order valence-corrected chi connectivity index (χ2v) is 10.1. The van der Waals surface area contributed by atoms with Crippen LogP contribution in [0.15, 0.2) is 48.5 Å². The Morgan fingerprint density at radius 3 is 2.15 bits per heavy atom. The minimum absolute atomic E-state index is 0.237. The fraction of sp³-hybridized carbons (Fsp3) is 0.467. The highest BCUT2D eigenvalue weighted by Gasteiger charge is 2.63. The molecule has 1 fully saturated rings. The summed E-state index contributed by atoms with van der Waals surface area (Å²) in [6.45, 7) is 7.53. The number of ether oxygens (including phenoxy) is 2.